The first kappa shape index (κ1) is 20.1. The maximum Gasteiger partial charge on any atom is 0.236 e. The molecular weight excluding hydrogens is 344 g/mol. The van der Waals surface area contributed by atoms with Gasteiger partial charge in [-0.3, -0.25) is 19.3 Å². The summed E-state index contributed by atoms with van der Waals surface area (Å²) in [5.74, 6) is 0.364. The first-order chi connectivity index (χ1) is 12.8. The van der Waals surface area contributed by atoms with Crippen LogP contribution >= 0.6 is 0 Å². The quantitative estimate of drug-likeness (QED) is 0.787. The first-order valence-electron chi connectivity index (χ1n) is 10.3. The minimum Gasteiger partial charge on any atom is -0.349 e. The van der Waals surface area contributed by atoms with Crippen molar-refractivity contribution in [3.05, 3.63) is 0 Å². The summed E-state index contributed by atoms with van der Waals surface area (Å²) >= 11 is 0. The highest BCUT2D eigenvalue weighted by Crippen LogP contribution is 2.35. The first-order valence-corrected chi connectivity index (χ1v) is 10.3. The van der Waals surface area contributed by atoms with Crippen LogP contribution in [0.1, 0.15) is 52.4 Å². The molecular formula is C20H34N4O3. The van der Waals surface area contributed by atoms with Gasteiger partial charge in [0.25, 0.3) is 0 Å². The highest BCUT2D eigenvalue weighted by Gasteiger charge is 2.50. The number of rotatable bonds is 4. The molecule has 7 nitrogen and oxygen atoms in total. The van der Waals surface area contributed by atoms with Crippen molar-refractivity contribution in [2.75, 3.05) is 39.8 Å². The highest BCUT2D eigenvalue weighted by molar-refractivity contribution is 5.78. The van der Waals surface area contributed by atoms with Gasteiger partial charge in [0, 0.05) is 59.0 Å². The van der Waals surface area contributed by atoms with Gasteiger partial charge in [-0.15, -0.1) is 0 Å². The summed E-state index contributed by atoms with van der Waals surface area (Å²) < 4.78 is 0. The third-order valence-electron chi connectivity index (χ3n) is 6.79. The summed E-state index contributed by atoms with van der Waals surface area (Å²) in [4.78, 5) is 42.4. The second-order valence-electron chi connectivity index (χ2n) is 8.72. The zero-order valence-corrected chi connectivity index (χ0v) is 17.0. The molecule has 3 fully saturated rings. The van der Waals surface area contributed by atoms with Crippen LogP contribution < -0.4 is 5.32 Å². The number of carbonyl (C=O) groups excluding carboxylic acids is 3. The van der Waals surface area contributed by atoms with Crippen LogP contribution in [0.15, 0.2) is 0 Å². The van der Waals surface area contributed by atoms with Crippen molar-refractivity contribution in [1.29, 1.82) is 0 Å². The number of nitrogens with one attached hydrogen (secondary N) is 1. The number of fused-ring (bicyclic) bond motifs is 1. The molecule has 3 amide bonds. The maximum atomic E-state index is 12.8. The largest absolute Gasteiger partial charge is 0.349 e. The fourth-order valence-corrected chi connectivity index (χ4v) is 5.16. The molecule has 2 aliphatic heterocycles. The minimum atomic E-state index is -0.341. The molecule has 0 bridgehead atoms. The van der Waals surface area contributed by atoms with Gasteiger partial charge in [0.15, 0.2) is 0 Å². The lowest BCUT2D eigenvalue weighted by Gasteiger charge is -2.44. The van der Waals surface area contributed by atoms with Gasteiger partial charge in [0.2, 0.25) is 17.7 Å². The van der Waals surface area contributed by atoms with Gasteiger partial charge in [-0.1, -0.05) is 19.3 Å². The van der Waals surface area contributed by atoms with Crippen LogP contribution in [-0.2, 0) is 14.4 Å². The van der Waals surface area contributed by atoms with E-state index in [1.807, 2.05) is 16.8 Å². The molecule has 7 heteroatoms. The number of likely N-dealkylation sites (N-methyl/N-ethyl adjacent to an activating group) is 1. The molecule has 0 radical (unpaired) electrons. The van der Waals surface area contributed by atoms with E-state index in [0.29, 0.717) is 25.7 Å². The summed E-state index contributed by atoms with van der Waals surface area (Å²) in [6, 6.07) is 0.384. The topological polar surface area (TPSA) is 73.0 Å². The van der Waals surface area contributed by atoms with Gasteiger partial charge in [-0.2, -0.15) is 0 Å². The number of amides is 3. The monoisotopic (exact) mass is 378 g/mol. The van der Waals surface area contributed by atoms with Crippen molar-refractivity contribution in [2.24, 2.45) is 5.92 Å². The molecule has 3 rings (SSSR count). The zero-order chi connectivity index (χ0) is 19.6. The maximum absolute atomic E-state index is 12.8. The SMILES string of the molecule is CC(=O)N[C@@]12CCN(CC(=O)N(C)C3CCCCC3)C[C@@H]1CN(C(C)=O)C2. The molecule has 0 aromatic heterocycles. The van der Waals surface area contributed by atoms with Crippen molar-refractivity contribution in [3.8, 4) is 0 Å². The lowest BCUT2D eigenvalue weighted by molar-refractivity contribution is -0.135. The number of piperidine rings is 1. The van der Waals surface area contributed by atoms with Gasteiger partial charge in [-0.25, -0.2) is 0 Å². The van der Waals surface area contributed by atoms with Crippen LogP contribution in [0.3, 0.4) is 0 Å². The Morgan fingerprint density at radius 2 is 1.81 bits per heavy atom. The molecule has 1 saturated carbocycles. The van der Waals surface area contributed by atoms with Crippen molar-refractivity contribution >= 4 is 17.7 Å². The van der Waals surface area contributed by atoms with E-state index < -0.39 is 0 Å². The van der Waals surface area contributed by atoms with Crippen molar-refractivity contribution < 1.29 is 14.4 Å². The molecule has 1 N–H and O–H groups in total. The summed E-state index contributed by atoms with van der Waals surface area (Å²) in [5, 5.41) is 3.14. The average Bonchev–Trinajstić information content (AvgIpc) is 3.00. The predicted octanol–water partition coefficient (Wildman–Crippen LogP) is 0.836. The van der Waals surface area contributed by atoms with Crippen molar-refractivity contribution in [2.45, 2.75) is 64.0 Å². The Kier molecular flexibility index (Phi) is 6.08. The average molecular weight is 379 g/mol. The normalized spacial score (nSPS) is 29.3. The zero-order valence-electron chi connectivity index (χ0n) is 17.0. The van der Waals surface area contributed by atoms with Gasteiger partial charge in [0.1, 0.15) is 0 Å². The molecule has 0 spiro atoms. The molecule has 0 unspecified atom stereocenters. The summed E-state index contributed by atoms with van der Waals surface area (Å²) in [5.41, 5.74) is -0.341. The highest BCUT2D eigenvalue weighted by atomic mass is 16.2. The standard InChI is InChI=1S/C20H34N4O3/c1-15(25)21-20-9-10-23(11-17(20)12-24(14-20)16(2)26)13-19(27)22(3)18-7-5-4-6-8-18/h17-18H,4-14H2,1-3H3,(H,21,25)/t17-,20-/m1/s1. The fourth-order valence-electron chi connectivity index (χ4n) is 5.16. The van der Waals surface area contributed by atoms with Crippen molar-refractivity contribution in [3.63, 3.8) is 0 Å². The van der Waals surface area contributed by atoms with Crippen LogP contribution in [0.25, 0.3) is 0 Å². The number of carbonyl (C=O) groups is 3. The number of hydrogen-bond donors (Lipinski definition) is 1. The Morgan fingerprint density at radius 3 is 2.44 bits per heavy atom. The van der Waals surface area contributed by atoms with Gasteiger partial charge in [0.05, 0.1) is 12.1 Å². The second-order valence-corrected chi connectivity index (χ2v) is 8.72. The van der Waals surface area contributed by atoms with Gasteiger partial charge < -0.3 is 15.1 Å². The Hall–Kier alpha value is -1.63. The van der Waals surface area contributed by atoms with E-state index in [1.54, 1.807) is 6.92 Å². The van der Waals surface area contributed by atoms with Gasteiger partial charge >= 0.3 is 0 Å². The predicted molar refractivity (Wildman–Crippen MR) is 103 cm³/mol. The van der Waals surface area contributed by atoms with E-state index in [-0.39, 0.29) is 29.2 Å². The Balaban J connectivity index is 1.61. The summed E-state index contributed by atoms with van der Waals surface area (Å²) in [6.45, 7) is 6.30. The van der Waals surface area contributed by atoms with Crippen LogP contribution in [-0.4, -0.2) is 83.8 Å². The van der Waals surface area contributed by atoms with E-state index in [0.717, 1.165) is 32.4 Å². The van der Waals surface area contributed by atoms with E-state index in [2.05, 4.69) is 10.2 Å². The fraction of sp³-hybridized carbons (Fsp3) is 0.850. The Labute approximate surface area is 162 Å². The Morgan fingerprint density at radius 1 is 1.11 bits per heavy atom. The molecule has 0 aromatic carbocycles. The van der Waals surface area contributed by atoms with E-state index >= 15 is 0 Å². The molecule has 0 aromatic rings. The lowest BCUT2D eigenvalue weighted by atomic mass is 9.80. The van der Waals surface area contributed by atoms with E-state index in [9.17, 15) is 14.4 Å². The summed E-state index contributed by atoms with van der Waals surface area (Å²) in [6.07, 6.45) is 6.72. The Bertz CT molecular complexity index is 590. The third kappa shape index (κ3) is 4.45. The number of hydrogen-bond acceptors (Lipinski definition) is 4. The molecule has 152 valence electrons. The second kappa shape index (κ2) is 8.17. The lowest BCUT2D eigenvalue weighted by Crippen LogP contribution is -2.61. The van der Waals surface area contributed by atoms with Crippen LogP contribution in [0.2, 0.25) is 0 Å². The van der Waals surface area contributed by atoms with Gasteiger partial charge in [-0.05, 0) is 19.3 Å². The molecule has 2 heterocycles. The van der Waals surface area contributed by atoms with E-state index in [4.69, 9.17) is 0 Å². The smallest absolute Gasteiger partial charge is 0.236 e. The number of nitrogens with zero attached hydrogens (tertiary/aromatic N) is 3. The van der Waals surface area contributed by atoms with E-state index in [1.165, 1.54) is 26.2 Å². The van der Waals surface area contributed by atoms with Crippen LogP contribution in [0.5, 0.6) is 0 Å². The summed E-state index contributed by atoms with van der Waals surface area (Å²) in [7, 11) is 1.94. The third-order valence-corrected chi connectivity index (χ3v) is 6.79. The molecule has 2 atom stereocenters. The molecule has 3 aliphatic rings. The number of likely N-dealkylation sites (tertiary alicyclic amines) is 2. The van der Waals surface area contributed by atoms with Crippen LogP contribution in [0.4, 0.5) is 0 Å². The van der Waals surface area contributed by atoms with Crippen LogP contribution in [0, 0.1) is 5.92 Å². The molecule has 2 saturated heterocycles. The molecule has 1 aliphatic carbocycles. The molecule has 27 heavy (non-hydrogen) atoms. The van der Waals surface area contributed by atoms with Crippen molar-refractivity contribution in [1.82, 2.24) is 20.0 Å². The minimum absolute atomic E-state index is 0.0491.